The number of fused-ring (bicyclic) bond motifs is 2. The van der Waals surface area contributed by atoms with Gasteiger partial charge in [0.05, 0.1) is 0 Å². The molecule has 2 aromatic heterocycles. The fraction of sp³-hybridized carbons (Fsp3) is 0.0566. The maximum atomic E-state index is 5.07. The maximum absolute atomic E-state index is 5.07. The van der Waals surface area contributed by atoms with E-state index in [0.29, 0.717) is 34.9 Å². The Kier molecular flexibility index (Phi) is 9.07. The largest absolute Gasteiger partial charge is 0.208 e. The van der Waals surface area contributed by atoms with Crippen LogP contribution >= 0.6 is 0 Å². The van der Waals surface area contributed by atoms with Crippen molar-refractivity contribution in [3.8, 4) is 68.3 Å². The highest BCUT2D eigenvalue weighted by Gasteiger charge is 2.24. The Hall–Kier alpha value is -7.70. The van der Waals surface area contributed by atoms with Gasteiger partial charge in [0.2, 0.25) is 0 Å². The van der Waals surface area contributed by atoms with Crippen molar-refractivity contribution in [2.45, 2.75) is 19.3 Å². The first kappa shape index (κ1) is 35.7. The first-order chi connectivity index (χ1) is 29.0. The maximum Gasteiger partial charge on any atom is 0.164 e. The SMILES string of the molecule is CC(C)(c1ccc(-c2nc(-c3ccccc3)nc(-c3cccc4ccccc34)n2)cc1)c1ccc(-c2nc(-c3ccccc3)nc(-c3cccc4ccccc34)n2)cc1. The van der Waals surface area contributed by atoms with Crippen LogP contribution in [0.4, 0.5) is 0 Å². The molecule has 8 aromatic carbocycles. The highest BCUT2D eigenvalue weighted by atomic mass is 15.0. The molecule has 0 aliphatic heterocycles. The number of hydrogen-bond acceptors (Lipinski definition) is 6. The van der Waals surface area contributed by atoms with Crippen molar-refractivity contribution >= 4 is 21.5 Å². The van der Waals surface area contributed by atoms with Crippen molar-refractivity contribution in [3.63, 3.8) is 0 Å². The van der Waals surface area contributed by atoms with Crippen LogP contribution in [0, 0.1) is 0 Å². The number of benzene rings is 8. The minimum absolute atomic E-state index is 0.304. The quantitative estimate of drug-likeness (QED) is 0.154. The summed E-state index contributed by atoms with van der Waals surface area (Å²) < 4.78 is 0. The third kappa shape index (κ3) is 6.91. The number of aromatic nitrogens is 6. The lowest BCUT2D eigenvalue weighted by molar-refractivity contribution is 0.641. The minimum atomic E-state index is -0.304. The predicted molar refractivity (Wildman–Crippen MR) is 239 cm³/mol. The molecular weight excluding hydrogens is 721 g/mol. The smallest absolute Gasteiger partial charge is 0.164 e. The molecule has 0 fully saturated rings. The number of nitrogens with zero attached hydrogens (tertiary/aromatic N) is 6. The van der Waals surface area contributed by atoms with Crippen molar-refractivity contribution in [2.75, 3.05) is 0 Å². The van der Waals surface area contributed by atoms with E-state index in [-0.39, 0.29) is 5.41 Å². The molecule has 0 saturated heterocycles. The van der Waals surface area contributed by atoms with Gasteiger partial charge in [-0.25, -0.2) is 29.9 Å². The summed E-state index contributed by atoms with van der Waals surface area (Å²) in [7, 11) is 0. The van der Waals surface area contributed by atoms with Crippen LogP contribution < -0.4 is 0 Å². The van der Waals surface area contributed by atoms with E-state index in [9.17, 15) is 0 Å². The van der Waals surface area contributed by atoms with E-state index in [2.05, 4.69) is 147 Å². The highest BCUT2D eigenvalue weighted by molar-refractivity contribution is 5.96. The van der Waals surface area contributed by atoms with Gasteiger partial charge in [0, 0.05) is 38.8 Å². The molecular formula is C53H38N6. The number of rotatable bonds is 8. The Morgan fingerprint density at radius 1 is 0.271 bits per heavy atom. The lowest BCUT2D eigenvalue weighted by Crippen LogP contribution is -2.18. The van der Waals surface area contributed by atoms with Gasteiger partial charge in [0.15, 0.2) is 34.9 Å². The van der Waals surface area contributed by atoms with E-state index in [0.717, 1.165) is 54.9 Å². The number of hydrogen-bond donors (Lipinski definition) is 0. The molecule has 0 unspecified atom stereocenters. The summed E-state index contributed by atoms with van der Waals surface area (Å²) in [6.45, 7) is 4.50. The normalized spacial score (nSPS) is 11.6. The summed E-state index contributed by atoms with van der Waals surface area (Å²) in [4.78, 5) is 30.1. The zero-order chi connectivity index (χ0) is 39.8. The van der Waals surface area contributed by atoms with Crippen LogP contribution in [-0.4, -0.2) is 29.9 Å². The van der Waals surface area contributed by atoms with Gasteiger partial charge in [0.25, 0.3) is 0 Å². The third-order valence-electron chi connectivity index (χ3n) is 11.1. The Morgan fingerprint density at radius 2 is 0.576 bits per heavy atom. The molecule has 0 N–H and O–H groups in total. The van der Waals surface area contributed by atoms with Gasteiger partial charge in [-0.05, 0) is 32.7 Å². The molecule has 10 rings (SSSR count). The van der Waals surface area contributed by atoms with Gasteiger partial charge in [-0.2, -0.15) is 0 Å². The molecule has 0 atom stereocenters. The van der Waals surface area contributed by atoms with Crippen LogP contribution in [0.25, 0.3) is 89.9 Å². The third-order valence-corrected chi connectivity index (χ3v) is 11.1. The molecule has 0 aliphatic rings. The van der Waals surface area contributed by atoms with Gasteiger partial charge in [0.1, 0.15) is 0 Å². The second-order valence-electron chi connectivity index (χ2n) is 15.2. The molecule has 2 heterocycles. The van der Waals surface area contributed by atoms with Crippen LogP contribution in [-0.2, 0) is 5.41 Å². The Labute approximate surface area is 343 Å². The fourth-order valence-corrected chi connectivity index (χ4v) is 7.76. The lowest BCUT2D eigenvalue weighted by atomic mass is 9.77. The summed E-state index contributed by atoms with van der Waals surface area (Å²) in [5.41, 5.74) is 7.72. The summed E-state index contributed by atoms with van der Waals surface area (Å²) in [6, 6.07) is 66.6. The summed E-state index contributed by atoms with van der Waals surface area (Å²) in [6.07, 6.45) is 0. The summed E-state index contributed by atoms with van der Waals surface area (Å²) in [5, 5.41) is 4.49. The Balaban J connectivity index is 0.987. The average Bonchev–Trinajstić information content (AvgIpc) is 3.31. The molecule has 6 heteroatoms. The molecule has 0 spiro atoms. The van der Waals surface area contributed by atoms with E-state index in [4.69, 9.17) is 29.9 Å². The van der Waals surface area contributed by atoms with E-state index in [1.807, 2.05) is 60.7 Å². The monoisotopic (exact) mass is 758 g/mol. The lowest BCUT2D eigenvalue weighted by Gasteiger charge is -2.26. The zero-order valence-corrected chi connectivity index (χ0v) is 32.7. The van der Waals surface area contributed by atoms with Gasteiger partial charge in [-0.3, -0.25) is 0 Å². The van der Waals surface area contributed by atoms with Crippen LogP contribution in [0.5, 0.6) is 0 Å². The molecule has 6 nitrogen and oxygen atoms in total. The van der Waals surface area contributed by atoms with Crippen molar-refractivity contribution < 1.29 is 0 Å². The van der Waals surface area contributed by atoms with E-state index >= 15 is 0 Å². The second-order valence-corrected chi connectivity index (χ2v) is 15.2. The molecule has 0 saturated carbocycles. The highest BCUT2D eigenvalue weighted by Crippen LogP contribution is 2.36. The first-order valence-corrected chi connectivity index (χ1v) is 19.8. The van der Waals surface area contributed by atoms with Gasteiger partial charge >= 0.3 is 0 Å². The Bertz CT molecular complexity index is 2890. The zero-order valence-electron chi connectivity index (χ0n) is 32.7. The molecule has 0 amide bonds. The Morgan fingerprint density at radius 3 is 0.966 bits per heavy atom. The molecule has 0 radical (unpaired) electrons. The minimum Gasteiger partial charge on any atom is -0.208 e. The van der Waals surface area contributed by atoms with E-state index < -0.39 is 0 Å². The average molecular weight is 759 g/mol. The van der Waals surface area contributed by atoms with Crippen molar-refractivity contribution in [1.29, 1.82) is 0 Å². The standard InChI is InChI=1S/C53H38N6/c1-53(2,41-31-27-39(28-32-41)49-54-47(37-17-5-3-6-18-37)56-51(58-49)45-25-13-21-35-15-9-11-23-43(35)45)42-33-29-40(30-34-42)50-55-48(38-19-7-4-8-20-38)57-52(59-50)46-26-14-22-36-16-10-12-24-44(36)46/h3-34H,1-2H3. The topological polar surface area (TPSA) is 77.3 Å². The molecule has 59 heavy (non-hydrogen) atoms. The molecule has 10 aromatic rings. The van der Waals surface area contributed by atoms with E-state index in [1.165, 1.54) is 11.1 Å². The van der Waals surface area contributed by atoms with Gasteiger partial charge < -0.3 is 0 Å². The first-order valence-electron chi connectivity index (χ1n) is 19.8. The van der Waals surface area contributed by atoms with Crippen molar-refractivity contribution in [3.05, 3.63) is 205 Å². The van der Waals surface area contributed by atoms with Gasteiger partial charge in [-0.1, -0.05) is 208 Å². The van der Waals surface area contributed by atoms with E-state index in [1.54, 1.807) is 0 Å². The summed E-state index contributed by atoms with van der Waals surface area (Å²) in [5.74, 6) is 3.83. The second kappa shape index (κ2) is 15.0. The van der Waals surface area contributed by atoms with Crippen molar-refractivity contribution in [1.82, 2.24) is 29.9 Å². The molecule has 0 aliphatic carbocycles. The summed E-state index contributed by atoms with van der Waals surface area (Å²) >= 11 is 0. The van der Waals surface area contributed by atoms with Crippen LogP contribution in [0.2, 0.25) is 0 Å². The van der Waals surface area contributed by atoms with Crippen LogP contribution in [0.15, 0.2) is 194 Å². The van der Waals surface area contributed by atoms with Crippen LogP contribution in [0.3, 0.4) is 0 Å². The fourth-order valence-electron chi connectivity index (χ4n) is 7.76. The van der Waals surface area contributed by atoms with Crippen molar-refractivity contribution in [2.24, 2.45) is 0 Å². The molecule has 280 valence electrons. The molecule has 0 bridgehead atoms. The van der Waals surface area contributed by atoms with Gasteiger partial charge in [-0.15, -0.1) is 0 Å². The van der Waals surface area contributed by atoms with Crippen LogP contribution in [0.1, 0.15) is 25.0 Å². The predicted octanol–water partition coefficient (Wildman–Crippen LogP) is 12.7.